The summed E-state index contributed by atoms with van der Waals surface area (Å²) >= 11 is 0. The average molecular weight is 451 g/mol. The average Bonchev–Trinajstić information content (AvgIpc) is 3.67. The van der Waals surface area contributed by atoms with Crippen molar-refractivity contribution in [3.05, 3.63) is 47.0 Å². The van der Waals surface area contributed by atoms with E-state index in [0.717, 1.165) is 86.8 Å². The highest BCUT2D eigenvalue weighted by atomic mass is 16.5. The second-order valence-electron chi connectivity index (χ2n) is 9.43. The van der Waals surface area contributed by atoms with E-state index in [2.05, 4.69) is 62.9 Å². The minimum atomic E-state index is 0.218. The molecule has 1 aliphatic heterocycles. The molecule has 0 atom stereocenters. The number of ether oxygens (including phenoxy) is 2. The highest BCUT2D eigenvalue weighted by Crippen LogP contribution is 2.37. The zero-order chi connectivity index (χ0) is 23.4. The molecule has 2 aromatic rings. The van der Waals surface area contributed by atoms with Gasteiger partial charge in [-0.2, -0.15) is 0 Å². The zero-order valence-electron chi connectivity index (χ0n) is 20.7. The first-order valence-corrected chi connectivity index (χ1v) is 12.4. The Morgan fingerprint density at radius 3 is 2.45 bits per heavy atom. The van der Waals surface area contributed by atoms with Crippen LogP contribution in [0.4, 0.5) is 5.69 Å². The lowest BCUT2D eigenvalue weighted by molar-refractivity contribution is -0.119. The number of rotatable bonds is 9. The van der Waals surface area contributed by atoms with Crippen molar-refractivity contribution >= 4 is 11.6 Å². The fourth-order valence-electron chi connectivity index (χ4n) is 4.57. The molecular weight excluding hydrogens is 412 g/mol. The molecule has 178 valence electrons. The summed E-state index contributed by atoms with van der Waals surface area (Å²) in [5.74, 6) is 1.44. The van der Waals surface area contributed by atoms with E-state index in [-0.39, 0.29) is 11.8 Å². The molecule has 0 bridgehead atoms. The third-order valence-electron chi connectivity index (χ3n) is 6.93. The van der Waals surface area contributed by atoms with Crippen LogP contribution in [0.2, 0.25) is 0 Å². The molecule has 1 amide bonds. The number of morpholine rings is 1. The molecule has 2 aliphatic rings. The van der Waals surface area contributed by atoms with Crippen molar-refractivity contribution in [2.45, 2.75) is 47.0 Å². The Morgan fingerprint density at radius 2 is 1.79 bits per heavy atom. The van der Waals surface area contributed by atoms with Gasteiger partial charge in [-0.05, 0) is 93.0 Å². The summed E-state index contributed by atoms with van der Waals surface area (Å²) in [7, 11) is 0. The van der Waals surface area contributed by atoms with Gasteiger partial charge in [0.15, 0.2) is 0 Å². The molecule has 1 aliphatic carbocycles. The highest BCUT2D eigenvalue weighted by Gasteiger charge is 2.34. The van der Waals surface area contributed by atoms with E-state index < -0.39 is 0 Å². The summed E-state index contributed by atoms with van der Waals surface area (Å²) in [5.41, 5.74) is 6.90. The summed E-state index contributed by atoms with van der Waals surface area (Å²) in [6.45, 7) is 14.6. The molecular formula is C28H38N2O3. The van der Waals surface area contributed by atoms with Gasteiger partial charge < -0.3 is 14.4 Å². The first-order valence-electron chi connectivity index (χ1n) is 12.4. The van der Waals surface area contributed by atoms with Crippen molar-refractivity contribution < 1.29 is 14.3 Å². The lowest BCUT2D eigenvalue weighted by atomic mass is 9.96. The Hall–Kier alpha value is -2.37. The Balaban J connectivity index is 1.45. The van der Waals surface area contributed by atoms with E-state index in [9.17, 15) is 4.79 Å². The fraction of sp³-hybridized carbons (Fsp3) is 0.536. The Morgan fingerprint density at radius 1 is 1.06 bits per heavy atom. The lowest BCUT2D eigenvalue weighted by Gasteiger charge is -2.26. The summed E-state index contributed by atoms with van der Waals surface area (Å²) in [5, 5.41) is 0. The van der Waals surface area contributed by atoms with Crippen LogP contribution in [0.25, 0.3) is 11.1 Å². The van der Waals surface area contributed by atoms with Crippen LogP contribution in [-0.2, 0) is 9.53 Å². The normalized spacial score (nSPS) is 16.6. The first-order chi connectivity index (χ1) is 16.0. The molecule has 1 saturated heterocycles. The van der Waals surface area contributed by atoms with Crippen LogP contribution in [0.1, 0.15) is 42.9 Å². The van der Waals surface area contributed by atoms with E-state index in [1.54, 1.807) is 0 Å². The molecule has 5 nitrogen and oxygen atoms in total. The molecule has 1 heterocycles. The molecule has 1 saturated carbocycles. The Labute approximate surface area is 198 Å². The van der Waals surface area contributed by atoms with Crippen molar-refractivity contribution in [3.8, 4) is 16.9 Å². The van der Waals surface area contributed by atoms with Gasteiger partial charge in [0.25, 0.3) is 0 Å². The van der Waals surface area contributed by atoms with Gasteiger partial charge in [0.1, 0.15) is 5.75 Å². The summed E-state index contributed by atoms with van der Waals surface area (Å²) in [6, 6.07) is 10.8. The van der Waals surface area contributed by atoms with Crippen LogP contribution in [0.3, 0.4) is 0 Å². The number of carbonyl (C=O) groups excluding carboxylic acids is 1. The van der Waals surface area contributed by atoms with Gasteiger partial charge in [-0.15, -0.1) is 0 Å². The zero-order valence-corrected chi connectivity index (χ0v) is 20.7. The van der Waals surface area contributed by atoms with E-state index in [1.807, 2.05) is 4.90 Å². The van der Waals surface area contributed by atoms with Gasteiger partial charge in [-0.25, -0.2) is 0 Å². The van der Waals surface area contributed by atoms with Crippen molar-refractivity contribution in [2.75, 3.05) is 50.9 Å². The summed E-state index contributed by atoms with van der Waals surface area (Å²) in [4.78, 5) is 17.3. The second kappa shape index (κ2) is 10.7. The SMILES string of the molecule is CCN(C(=O)C1CC1)c1cc(-c2ccc(OCCCN3CCOCC3)c(C)c2)cc(C)c1C. The molecule has 0 unspecified atom stereocenters. The van der Waals surface area contributed by atoms with Gasteiger partial charge >= 0.3 is 0 Å². The first kappa shape index (κ1) is 23.8. The van der Waals surface area contributed by atoms with Gasteiger partial charge in [0.05, 0.1) is 19.8 Å². The Bertz CT molecular complexity index is 977. The molecule has 5 heteroatoms. The second-order valence-corrected chi connectivity index (χ2v) is 9.43. The maximum Gasteiger partial charge on any atom is 0.230 e. The van der Waals surface area contributed by atoms with Crippen LogP contribution >= 0.6 is 0 Å². The van der Waals surface area contributed by atoms with Crippen molar-refractivity contribution in [2.24, 2.45) is 5.92 Å². The number of benzene rings is 2. The predicted molar refractivity (Wildman–Crippen MR) is 134 cm³/mol. The number of hydrogen-bond acceptors (Lipinski definition) is 4. The van der Waals surface area contributed by atoms with Gasteiger partial charge in [0, 0.05) is 37.8 Å². The fourth-order valence-corrected chi connectivity index (χ4v) is 4.57. The summed E-state index contributed by atoms with van der Waals surface area (Å²) < 4.78 is 11.5. The maximum atomic E-state index is 12.9. The molecule has 2 fully saturated rings. The Kier molecular flexibility index (Phi) is 7.71. The molecule has 0 spiro atoms. The molecule has 0 N–H and O–H groups in total. The molecule has 33 heavy (non-hydrogen) atoms. The van der Waals surface area contributed by atoms with E-state index >= 15 is 0 Å². The minimum Gasteiger partial charge on any atom is -0.493 e. The quantitative estimate of drug-likeness (QED) is 0.496. The molecule has 0 aromatic heterocycles. The van der Waals surface area contributed by atoms with Gasteiger partial charge in [-0.1, -0.05) is 12.1 Å². The van der Waals surface area contributed by atoms with Crippen LogP contribution < -0.4 is 9.64 Å². The van der Waals surface area contributed by atoms with Crippen molar-refractivity contribution in [1.82, 2.24) is 4.90 Å². The standard InChI is InChI=1S/C28H38N2O3/c1-5-30(28(31)23-7-8-23)26-19-25(17-20(2)22(26)4)24-9-10-27(21(3)18-24)33-14-6-11-29-12-15-32-16-13-29/h9-10,17-19,23H,5-8,11-16H2,1-4H3. The number of carbonyl (C=O) groups is 1. The third-order valence-corrected chi connectivity index (χ3v) is 6.93. The monoisotopic (exact) mass is 450 g/mol. The maximum absolute atomic E-state index is 12.9. The van der Waals surface area contributed by atoms with E-state index in [1.165, 1.54) is 11.1 Å². The molecule has 4 rings (SSSR count). The largest absolute Gasteiger partial charge is 0.493 e. The predicted octanol–water partition coefficient (Wildman–Crippen LogP) is 5.14. The van der Waals surface area contributed by atoms with Crippen LogP contribution in [0.15, 0.2) is 30.3 Å². The van der Waals surface area contributed by atoms with E-state index in [4.69, 9.17) is 9.47 Å². The third kappa shape index (κ3) is 5.77. The molecule has 0 radical (unpaired) electrons. The van der Waals surface area contributed by atoms with Crippen molar-refractivity contribution in [3.63, 3.8) is 0 Å². The van der Waals surface area contributed by atoms with Gasteiger partial charge in [0.2, 0.25) is 5.91 Å². The van der Waals surface area contributed by atoms with Crippen LogP contribution in [0.5, 0.6) is 5.75 Å². The number of nitrogens with zero attached hydrogens (tertiary/aromatic N) is 2. The van der Waals surface area contributed by atoms with Crippen LogP contribution in [-0.4, -0.2) is 56.8 Å². The van der Waals surface area contributed by atoms with Crippen LogP contribution in [0, 0.1) is 26.7 Å². The number of amides is 1. The number of anilines is 1. The number of aryl methyl sites for hydroxylation is 2. The topological polar surface area (TPSA) is 42.0 Å². The summed E-state index contributed by atoms with van der Waals surface area (Å²) in [6.07, 6.45) is 3.07. The van der Waals surface area contributed by atoms with E-state index in [0.29, 0.717) is 6.54 Å². The smallest absolute Gasteiger partial charge is 0.230 e. The highest BCUT2D eigenvalue weighted by molar-refractivity contribution is 5.98. The lowest BCUT2D eigenvalue weighted by Crippen LogP contribution is -2.37. The minimum absolute atomic E-state index is 0.218. The number of hydrogen-bond donors (Lipinski definition) is 0. The molecule has 2 aromatic carbocycles. The van der Waals surface area contributed by atoms with Gasteiger partial charge in [-0.3, -0.25) is 9.69 Å². The van der Waals surface area contributed by atoms with Crippen molar-refractivity contribution in [1.29, 1.82) is 0 Å².